The van der Waals surface area contributed by atoms with E-state index in [4.69, 9.17) is 0 Å². The summed E-state index contributed by atoms with van der Waals surface area (Å²) in [5.41, 5.74) is 1.24. The van der Waals surface area contributed by atoms with Gasteiger partial charge >= 0.3 is 0 Å². The van der Waals surface area contributed by atoms with E-state index in [9.17, 15) is 0 Å². The lowest BCUT2D eigenvalue weighted by Gasteiger charge is -2.18. The summed E-state index contributed by atoms with van der Waals surface area (Å²) in [7, 11) is 2.03. The van der Waals surface area contributed by atoms with Crippen molar-refractivity contribution in [1.29, 1.82) is 0 Å². The minimum atomic E-state index is 0.421. The Hall–Kier alpha value is -0.160. The Morgan fingerprint density at radius 2 is 1.84 bits per heavy atom. The van der Waals surface area contributed by atoms with Crippen LogP contribution in [0.5, 0.6) is 0 Å². The summed E-state index contributed by atoms with van der Waals surface area (Å²) in [6.45, 7) is 4.49. The van der Waals surface area contributed by atoms with Crippen LogP contribution < -0.4 is 5.32 Å². The molecule has 0 spiro atoms. The van der Waals surface area contributed by atoms with Crippen LogP contribution >= 0.6 is 43.2 Å². The molecule has 1 unspecified atom stereocenters. The van der Waals surface area contributed by atoms with Gasteiger partial charge in [-0.3, -0.25) is 0 Å². The molecule has 102 valence electrons. The summed E-state index contributed by atoms with van der Waals surface area (Å²) in [5, 5.41) is 3.40. The second-order valence-corrected chi connectivity index (χ2v) is 7.72. The standard InChI is InChI=1S/C15H17Br2NS/c1-9(2)15(18-3)14-7-6-13(19-14)11-8-10(16)4-5-12(11)17/h4-9,15,18H,1-3H3. The number of benzene rings is 1. The van der Waals surface area contributed by atoms with Gasteiger partial charge in [-0.05, 0) is 43.3 Å². The molecule has 0 bridgehead atoms. The number of hydrogen-bond acceptors (Lipinski definition) is 2. The Morgan fingerprint density at radius 3 is 2.47 bits per heavy atom. The van der Waals surface area contributed by atoms with Crippen LogP contribution in [0.25, 0.3) is 10.4 Å². The minimum absolute atomic E-state index is 0.421. The van der Waals surface area contributed by atoms with Crippen molar-refractivity contribution in [2.24, 2.45) is 5.92 Å². The second kappa shape index (κ2) is 6.53. The van der Waals surface area contributed by atoms with E-state index in [2.05, 4.69) is 75.3 Å². The maximum atomic E-state index is 3.63. The third-order valence-electron chi connectivity index (χ3n) is 3.10. The van der Waals surface area contributed by atoms with Crippen molar-refractivity contribution in [3.63, 3.8) is 0 Å². The molecule has 4 heteroatoms. The van der Waals surface area contributed by atoms with Gasteiger partial charge in [0.2, 0.25) is 0 Å². The van der Waals surface area contributed by atoms with E-state index in [1.807, 2.05) is 24.5 Å². The summed E-state index contributed by atoms with van der Waals surface area (Å²) in [4.78, 5) is 2.68. The maximum Gasteiger partial charge on any atom is 0.0435 e. The molecule has 2 aromatic rings. The Kier molecular flexibility index (Phi) is 5.23. The Balaban J connectivity index is 2.38. The lowest BCUT2D eigenvalue weighted by molar-refractivity contribution is 0.449. The molecule has 0 amide bonds. The van der Waals surface area contributed by atoms with Crippen molar-refractivity contribution < 1.29 is 0 Å². The Labute approximate surface area is 135 Å². The van der Waals surface area contributed by atoms with E-state index in [1.165, 1.54) is 15.3 Å². The highest BCUT2D eigenvalue weighted by Gasteiger charge is 2.16. The fourth-order valence-corrected chi connectivity index (χ4v) is 4.43. The van der Waals surface area contributed by atoms with Crippen molar-refractivity contribution in [2.75, 3.05) is 7.05 Å². The predicted molar refractivity (Wildman–Crippen MR) is 91.8 cm³/mol. The van der Waals surface area contributed by atoms with Crippen LogP contribution in [0.4, 0.5) is 0 Å². The highest BCUT2D eigenvalue weighted by molar-refractivity contribution is 9.11. The maximum absolute atomic E-state index is 3.63. The van der Waals surface area contributed by atoms with Crippen LogP contribution in [-0.4, -0.2) is 7.05 Å². The molecule has 0 radical (unpaired) electrons. The van der Waals surface area contributed by atoms with Gasteiger partial charge in [0.15, 0.2) is 0 Å². The van der Waals surface area contributed by atoms with Crippen molar-refractivity contribution in [2.45, 2.75) is 19.9 Å². The van der Waals surface area contributed by atoms with Gasteiger partial charge in [0.05, 0.1) is 0 Å². The van der Waals surface area contributed by atoms with E-state index in [0.29, 0.717) is 12.0 Å². The molecule has 0 fully saturated rings. The number of thiophene rings is 1. The molecule has 0 aliphatic rings. The molecule has 0 saturated carbocycles. The minimum Gasteiger partial charge on any atom is -0.312 e. The topological polar surface area (TPSA) is 12.0 Å². The third kappa shape index (κ3) is 3.48. The summed E-state index contributed by atoms with van der Waals surface area (Å²) in [6.07, 6.45) is 0. The molecule has 1 atom stereocenters. The molecular formula is C15H17Br2NS. The largest absolute Gasteiger partial charge is 0.312 e. The Morgan fingerprint density at radius 1 is 1.11 bits per heavy atom. The van der Waals surface area contributed by atoms with Crippen molar-refractivity contribution in [1.82, 2.24) is 5.32 Å². The van der Waals surface area contributed by atoms with Crippen LogP contribution in [0, 0.1) is 5.92 Å². The van der Waals surface area contributed by atoms with Crippen LogP contribution in [0.1, 0.15) is 24.8 Å². The summed E-state index contributed by atoms with van der Waals surface area (Å²) in [6, 6.07) is 11.1. The summed E-state index contributed by atoms with van der Waals surface area (Å²) in [5.74, 6) is 0.586. The molecular weight excluding hydrogens is 386 g/mol. The van der Waals surface area contributed by atoms with Crippen LogP contribution in [0.15, 0.2) is 39.3 Å². The SMILES string of the molecule is CNC(c1ccc(-c2cc(Br)ccc2Br)s1)C(C)C. The lowest BCUT2D eigenvalue weighted by Crippen LogP contribution is -2.20. The van der Waals surface area contributed by atoms with Gasteiger partial charge in [0, 0.05) is 30.3 Å². The lowest BCUT2D eigenvalue weighted by atomic mass is 10.0. The van der Waals surface area contributed by atoms with Gasteiger partial charge in [0.25, 0.3) is 0 Å². The van der Waals surface area contributed by atoms with Crippen LogP contribution in [0.3, 0.4) is 0 Å². The molecule has 19 heavy (non-hydrogen) atoms. The molecule has 0 aliphatic heterocycles. The average molecular weight is 403 g/mol. The third-order valence-corrected chi connectivity index (χ3v) is 5.49. The highest BCUT2D eigenvalue weighted by atomic mass is 79.9. The normalized spacial score (nSPS) is 12.9. The molecule has 0 saturated heterocycles. The monoisotopic (exact) mass is 401 g/mol. The van der Waals surface area contributed by atoms with Crippen molar-refractivity contribution in [3.05, 3.63) is 44.2 Å². The number of rotatable bonds is 4. The Bertz CT molecular complexity index is 563. The highest BCUT2D eigenvalue weighted by Crippen LogP contribution is 2.38. The van der Waals surface area contributed by atoms with E-state index < -0.39 is 0 Å². The number of hydrogen-bond donors (Lipinski definition) is 1. The number of halogens is 2. The summed E-state index contributed by atoms with van der Waals surface area (Å²) >= 11 is 9.02. The van der Waals surface area contributed by atoms with Crippen molar-refractivity contribution in [3.8, 4) is 10.4 Å². The molecule has 1 N–H and O–H groups in total. The van der Waals surface area contributed by atoms with Crippen LogP contribution in [-0.2, 0) is 0 Å². The zero-order valence-electron chi connectivity index (χ0n) is 11.2. The van der Waals surface area contributed by atoms with Gasteiger partial charge in [-0.25, -0.2) is 0 Å². The first-order valence-electron chi connectivity index (χ1n) is 6.25. The van der Waals surface area contributed by atoms with Gasteiger partial charge in [-0.2, -0.15) is 0 Å². The molecule has 1 heterocycles. The number of nitrogens with one attached hydrogen (secondary N) is 1. The molecule has 2 rings (SSSR count). The molecule has 1 aromatic heterocycles. The zero-order valence-corrected chi connectivity index (χ0v) is 15.2. The van der Waals surface area contributed by atoms with E-state index in [0.717, 1.165) is 8.95 Å². The quantitative estimate of drug-likeness (QED) is 0.675. The van der Waals surface area contributed by atoms with E-state index >= 15 is 0 Å². The van der Waals surface area contributed by atoms with Gasteiger partial charge in [-0.1, -0.05) is 45.7 Å². The van der Waals surface area contributed by atoms with Crippen molar-refractivity contribution >= 4 is 43.2 Å². The second-order valence-electron chi connectivity index (χ2n) is 4.84. The predicted octanol–water partition coefficient (Wildman–Crippen LogP) is 5.86. The fraction of sp³-hybridized carbons (Fsp3) is 0.333. The first kappa shape index (κ1) is 15.2. The van der Waals surface area contributed by atoms with E-state index in [1.54, 1.807) is 0 Å². The van der Waals surface area contributed by atoms with Gasteiger partial charge in [0.1, 0.15) is 0 Å². The molecule has 1 nitrogen and oxygen atoms in total. The first-order chi connectivity index (χ1) is 9.02. The fourth-order valence-electron chi connectivity index (χ4n) is 2.16. The van der Waals surface area contributed by atoms with E-state index in [-0.39, 0.29) is 0 Å². The first-order valence-corrected chi connectivity index (χ1v) is 8.65. The average Bonchev–Trinajstić information content (AvgIpc) is 2.82. The summed E-state index contributed by atoms with van der Waals surface area (Å²) < 4.78 is 2.24. The van der Waals surface area contributed by atoms with Gasteiger partial charge < -0.3 is 5.32 Å². The smallest absolute Gasteiger partial charge is 0.0435 e. The van der Waals surface area contributed by atoms with Gasteiger partial charge in [-0.15, -0.1) is 11.3 Å². The van der Waals surface area contributed by atoms with Crippen LogP contribution in [0.2, 0.25) is 0 Å². The molecule has 1 aromatic carbocycles. The zero-order chi connectivity index (χ0) is 14.0. The molecule has 0 aliphatic carbocycles.